The number of hydrogen-bond donors (Lipinski definition) is 2. The number of benzene rings is 2. The number of thiol groups is 1. The van der Waals surface area contributed by atoms with E-state index in [0.717, 1.165) is 10.5 Å². The minimum Gasteiger partial charge on any atom is -0.267 e. The van der Waals surface area contributed by atoms with E-state index < -0.39 is 0 Å². The van der Waals surface area contributed by atoms with E-state index in [0.29, 0.717) is 5.56 Å². The number of rotatable bonds is 3. The van der Waals surface area contributed by atoms with Crippen LogP contribution in [0, 0.1) is 0 Å². The second-order valence-electron chi connectivity index (χ2n) is 3.62. The van der Waals surface area contributed by atoms with E-state index in [1.54, 1.807) is 18.3 Å². The fourth-order valence-corrected chi connectivity index (χ4v) is 1.63. The van der Waals surface area contributed by atoms with Gasteiger partial charge in [-0.25, -0.2) is 5.43 Å². The van der Waals surface area contributed by atoms with Gasteiger partial charge in [0.15, 0.2) is 0 Å². The number of hydrogen-bond acceptors (Lipinski definition) is 3. The summed E-state index contributed by atoms with van der Waals surface area (Å²) in [6.07, 6.45) is 1.57. The zero-order valence-corrected chi connectivity index (χ0v) is 10.5. The van der Waals surface area contributed by atoms with Gasteiger partial charge in [-0.05, 0) is 18.2 Å². The largest absolute Gasteiger partial charge is 0.271 e. The van der Waals surface area contributed by atoms with Gasteiger partial charge in [-0.15, -0.1) is 12.6 Å². The first-order valence-electron chi connectivity index (χ1n) is 5.44. The third-order valence-electron chi connectivity index (χ3n) is 2.34. The van der Waals surface area contributed by atoms with Crippen molar-refractivity contribution in [3.63, 3.8) is 0 Å². The van der Waals surface area contributed by atoms with Gasteiger partial charge < -0.3 is 0 Å². The van der Waals surface area contributed by atoms with E-state index in [9.17, 15) is 4.79 Å². The fraction of sp³-hybridized carbons (Fsp3) is 0. The standard InChI is InChI=1S/C14H12N2OS/c17-14(11-6-2-1-3-7-11)16-15-10-12-8-4-5-9-13(12)18/h1-10,18H,(H,16,17)/b15-10+. The Bertz CT molecular complexity index is 567. The van der Waals surface area contributed by atoms with Crippen molar-refractivity contribution in [3.05, 3.63) is 65.7 Å². The molecule has 0 spiro atoms. The number of hydrazone groups is 1. The molecule has 2 aromatic rings. The van der Waals surface area contributed by atoms with E-state index in [2.05, 4.69) is 23.2 Å². The van der Waals surface area contributed by atoms with Gasteiger partial charge >= 0.3 is 0 Å². The van der Waals surface area contributed by atoms with Gasteiger partial charge in [-0.2, -0.15) is 5.10 Å². The highest BCUT2D eigenvalue weighted by Gasteiger charge is 2.01. The Morgan fingerprint density at radius 1 is 1.06 bits per heavy atom. The molecular weight excluding hydrogens is 244 g/mol. The van der Waals surface area contributed by atoms with E-state index in [4.69, 9.17) is 0 Å². The summed E-state index contributed by atoms with van der Waals surface area (Å²) in [5.74, 6) is -0.233. The summed E-state index contributed by atoms with van der Waals surface area (Å²) in [6, 6.07) is 16.5. The highest BCUT2D eigenvalue weighted by Crippen LogP contribution is 2.09. The van der Waals surface area contributed by atoms with Crippen LogP contribution in [0.3, 0.4) is 0 Å². The quantitative estimate of drug-likeness (QED) is 0.495. The highest BCUT2D eigenvalue weighted by atomic mass is 32.1. The molecule has 0 aliphatic rings. The molecule has 0 fully saturated rings. The van der Waals surface area contributed by atoms with Crippen LogP contribution in [0.5, 0.6) is 0 Å². The molecule has 0 aliphatic carbocycles. The van der Waals surface area contributed by atoms with E-state index in [-0.39, 0.29) is 5.91 Å². The molecule has 0 aromatic heterocycles. The van der Waals surface area contributed by atoms with Gasteiger partial charge in [0.1, 0.15) is 0 Å². The van der Waals surface area contributed by atoms with Crippen molar-refractivity contribution < 1.29 is 4.79 Å². The van der Waals surface area contributed by atoms with Crippen LogP contribution in [-0.2, 0) is 0 Å². The molecule has 90 valence electrons. The molecule has 0 heterocycles. The molecule has 4 heteroatoms. The van der Waals surface area contributed by atoms with Crippen molar-refractivity contribution in [1.29, 1.82) is 0 Å². The number of amides is 1. The third kappa shape index (κ3) is 3.21. The number of nitrogens with zero attached hydrogens (tertiary/aromatic N) is 1. The maximum atomic E-state index is 11.7. The summed E-state index contributed by atoms with van der Waals surface area (Å²) in [7, 11) is 0. The molecule has 0 aliphatic heterocycles. The minimum absolute atomic E-state index is 0.233. The average molecular weight is 256 g/mol. The first kappa shape index (κ1) is 12.4. The van der Waals surface area contributed by atoms with E-state index in [1.807, 2.05) is 42.5 Å². The van der Waals surface area contributed by atoms with Gasteiger partial charge in [0.25, 0.3) is 5.91 Å². The molecule has 0 radical (unpaired) electrons. The lowest BCUT2D eigenvalue weighted by atomic mass is 10.2. The zero-order chi connectivity index (χ0) is 12.8. The summed E-state index contributed by atoms with van der Waals surface area (Å²) in [4.78, 5) is 12.5. The Morgan fingerprint density at radius 3 is 2.44 bits per heavy atom. The smallest absolute Gasteiger partial charge is 0.267 e. The van der Waals surface area contributed by atoms with Crippen LogP contribution in [0.4, 0.5) is 0 Å². The molecule has 0 atom stereocenters. The van der Waals surface area contributed by atoms with Gasteiger partial charge in [-0.1, -0.05) is 36.4 Å². The Balaban J connectivity index is 2.00. The molecule has 0 unspecified atom stereocenters. The second kappa shape index (κ2) is 6.02. The molecule has 0 bridgehead atoms. The summed E-state index contributed by atoms with van der Waals surface area (Å²) in [6.45, 7) is 0. The van der Waals surface area contributed by atoms with Gasteiger partial charge in [0.05, 0.1) is 6.21 Å². The van der Waals surface area contributed by atoms with Crippen LogP contribution in [0.2, 0.25) is 0 Å². The number of carbonyl (C=O) groups is 1. The summed E-state index contributed by atoms with van der Waals surface area (Å²) < 4.78 is 0. The first-order valence-corrected chi connectivity index (χ1v) is 5.88. The lowest BCUT2D eigenvalue weighted by Gasteiger charge is -2.00. The second-order valence-corrected chi connectivity index (χ2v) is 4.11. The SMILES string of the molecule is O=C(N/N=C/c1ccccc1S)c1ccccc1. The Hall–Kier alpha value is -2.07. The predicted molar refractivity (Wildman–Crippen MR) is 75.2 cm³/mol. The Kier molecular flexibility index (Phi) is 4.15. The molecule has 0 saturated heterocycles. The van der Waals surface area contributed by atoms with Crippen LogP contribution in [0.1, 0.15) is 15.9 Å². The van der Waals surface area contributed by atoms with Crippen molar-refractivity contribution in [2.75, 3.05) is 0 Å². The predicted octanol–water partition coefficient (Wildman–Crippen LogP) is 2.74. The van der Waals surface area contributed by atoms with Crippen LogP contribution >= 0.6 is 12.6 Å². The van der Waals surface area contributed by atoms with E-state index in [1.165, 1.54) is 0 Å². The summed E-state index contributed by atoms with van der Waals surface area (Å²) >= 11 is 4.29. The molecule has 2 rings (SSSR count). The maximum Gasteiger partial charge on any atom is 0.271 e. The van der Waals surface area contributed by atoms with Crippen LogP contribution in [0.25, 0.3) is 0 Å². The maximum absolute atomic E-state index is 11.7. The molecule has 18 heavy (non-hydrogen) atoms. The summed E-state index contributed by atoms with van der Waals surface area (Å²) in [5, 5.41) is 3.91. The Labute approximate surface area is 111 Å². The van der Waals surface area contributed by atoms with Crippen LogP contribution in [-0.4, -0.2) is 12.1 Å². The van der Waals surface area contributed by atoms with Gasteiger partial charge in [0, 0.05) is 16.0 Å². The third-order valence-corrected chi connectivity index (χ3v) is 2.75. The van der Waals surface area contributed by atoms with Crippen molar-refractivity contribution in [2.24, 2.45) is 5.10 Å². The molecular formula is C14H12N2OS. The molecule has 1 amide bonds. The van der Waals surface area contributed by atoms with E-state index >= 15 is 0 Å². The topological polar surface area (TPSA) is 41.5 Å². The minimum atomic E-state index is -0.233. The lowest BCUT2D eigenvalue weighted by Crippen LogP contribution is -2.17. The highest BCUT2D eigenvalue weighted by molar-refractivity contribution is 7.80. The van der Waals surface area contributed by atoms with Crippen LogP contribution in [0.15, 0.2) is 64.6 Å². The van der Waals surface area contributed by atoms with Crippen molar-refractivity contribution in [2.45, 2.75) is 4.90 Å². The van der Waals surface area contributed by atoms with Gasteiger partial charge in [0.2, 0.25) is 0 Å². The first-order chi connectivity index (χ1) is 8.77. The molecule has 2 aromatic carbocycles. The van der Waals surface area contributed by atoms with Crippen molar-refractivity contribution in [1.82, 2.24) is 5.43 Å². The normalized spacial score (nSPS) is 10.5. The number of carbonyl (C=O) groups excluding carboxylic acids is 1. The Morgan fingerprint density at radius 2 is 1.72 bits per heavy atom. The van der Waals surface area contributed by atoms with Crippen molar-refractivity contribution >= 4 is 24.8 Å². The molecule has 0 saturated carbocycles. The van der Waals surface area contributed by atoms with Crippen molar-refractivity contribution in [3.8, 4) is 0 Å². The van der Waals surface area contributed by atoms with Crippen LogP contribution < -0.4 is 5.43 Å². The summed E-state index contributed by atoms with van der Waals surface area (Å²) in [5.41, 5.74) is 3.90. The average Bonchev–Trinajstić information content (AvgIpc) is 2.42. The molecule has 3 nitrogen and oxygen atoms in total. The lowest BCUT2D eigenvalue weighted by molar-refractivity contribution is 0.0955. The fourth-order valence-electron chi connectivity index (χ4n) is 1.41. The monoisotopic (exact) mass is 256 g/mol. The molecule has 1 N–H and O–H groups in total. The zero-order valence-electron chi connectivity index (χ0n) is 9.58. The number of nitrogens with one attached hydrogen (secondary N) is 1. The van der Waals surface area contributed by atoms with Gasteiger partial charge in [-0.3, -0.25) is 4.79 Å².